The summed E-state index contributed by atoms with van der Waals surface area (Å²) in [5, 5.41) is 8.97. The van der Waals surface area contributed by atoms with Crippen molar-refractivity contribution >= 4 is 35.1 Å². The van der Waals surface area contributed by atoms with Crippen LogP contribution in [0.1, 0.15) is 5.56 Å². The fourth-order valence-corrected chi connectivity index (χ4v) is 4.13. The molecular weight excluding hydrogens is 295 g/mol. The first-order valence-corrected chi connectivity index (χ1v) is 7.40. The number of hydrogen-bond acceptors (Lipinski definition) is 3. The molecule has 3 rings (SSSR count). The molecule has 0 saturated carbocycles. The van der Waals surface area contributed by atoms with Crippen LogP contribution in [0, 0.1) is 5.82 Å². The summed E-state index contributed by atoms with van der Waals surface area (Å²) in [6.45, 7) is 3.56. The van der Waals surface area contributed by atoms with Gasteiger partial charge in [0, 0.05) is 19.6 Å². The number of halogens is 1. The third-order valence-electron chi connectivity index (χ3n) is 2.90. The highest BCUT2D eigenvalue weighted by molar-refractivity contribution is 8.05. The van der Waals surface area contributed by atoms with Gasteiger partial charge < -0.3 is 5.11 Å². The second-order valence-corrected chi connectivity index (χ2v) is 6.41. The maximum absolute atomic E-state index is 13.3. The van der Waals surface area contributed by atoms with Gasteiger partial charge >= 0.3 is 5.97 Å². The van der Waals surface area contributed by atoms with Gasteiger partial charge in [0.05, 0.1) is 5.57 Å². The molecule has 5 heteroatoms. The third kappa shape index (κ3) is 2.34. The molecule has 0 atom stereocenters. The average molecular weight is 304 g/mol. The lowest BCUT2D eigenvalue weighted by molar-refractivity contribution is -0.130. The molecule has 0 radical (unpaired) electrons. The number of benzene rings is 2. The Balaban J connectivity index is 2.01. The summed E-state index contributed by atoms with van der Waals surface area (Å²) in [5.74, 6) is -1.31. The highest BCUT2D eigenvalue weighted by Gasteiger charge is 2.19. The number of fused-ring (bicyclic) bond motifs is 2. The van der Waals surface area contributed by atoms with Gasteiger partial charge in [-0.2, -0.15) is 0 Å². The molecule has 1 aliphatic rings. The lowest BCUT2D eigenvalue weighted by atomic mass is 10.1. The van der Waals surface area contributed by atoms with Crippen molar-refractivity contribution in [2.75, 3.05) is 0 Å². The molecule has 2 aromatic carbocycles. The van der Waals surface area contributed by atoms with E-state index < -0.39 is 5.97 Å². The van der Waals surface area contributed by atoms with E-state index in [0.29, 0.717) is 5.56 Å². The van der Waals surface area contributed by atoms with E-state index in [4.69, 9.17) is 5.11 Å². The zero-order valence-corrected chi connectivity index (χ0v) is 11.9. The Bertz CT molecular complexity index is 741. The molecule has 2 nitrogen and oxygen atoms in total. The second kappa shape index (κ2) is 5.00. The van der Waals surface area contributed by atoms with E-state index in [1.807, 2.05) is 6.07 Å². The zero-order chi connectivity index (χ0) is 14.3. The number of carboxylic acids is 1. The largest absolute Gasteiger partial charge is 0.478 e. The highest BCUT2D eigenvalue weighted by Crippen LogP contribution is 2.49. The van der Waals surface area contributed by atoms with Crippen LogP contribution < -0.4 is 0 Å². The van der Waals surface area contributed by atoms with Crippen LogP contribution in [0.25, 0.3) is 5.57 Å². The minimum atomic E-state index is -1.04. The normalized spacial score (nSPS) is 12.4. The summed E-state index contributed by atoms with van der Waals surface area (Å²) in [6.07, 6.45) is 0. The number of aliphatic carboxylic acids is 1. The summed E-state index contributed by atoms with van der Waals surface area (Å²) in [4.78, 5) is 14.8. The molecule has 2 aromatic rings. The van der Waals surface area contributed by atoms with Crippen LogP contribution in [0.3, 0.4) is 0 Å². The molecular formula is C15H9FO2S2. The monoisotopic (exact) mass is 304 g/mol. The first kappa shape index (κ1) is 13.3. The molecule has 1 heterocycles. The molecule has 1 N–H and O–H groups in total. The predicted octanol–water partition coefficient (Wildman–Crippen LogP) is 4.54. The summed E-state index contributed by atoms with van der Waals surface area (Å²) in [7, 11) is 0. The van der Waals surface area contributed by atoms with Crippen molar-refractivity contribution in [1.29, 1.82) is 0 Å². The Morgan fingerprint density at radius 3 is 2.30 bits per heavy atom. The van der Waals surface area contributed by atoms with Gasteiger partial charge in [-0.25, -0.2) is 9.18 Å². The van der Waals surface area contributed by atoms with E-state index >= 15 is 0 Å². The molecule has 0 unspecified atom stereocenters. The molecule has 100 valence electrons. The SMILES string of the molecule is C=C(C(=O)O)c1ccc2c(c1)Sc1cc(F)ccc1S2. The van der Waals surface area contributed by atoms with Crippen LogP contribution in [-0.4, -0.2) is 11.1 Å². The van der Waals surface area contributed by atoms with Crippen molar-refractivity contribution in [2.24, 2.45) is 0 Å². The van der Waals surface area contributed by atoms with Gasteiger partial charge in [-0.05, 0) is 35.9 Å². The van der Waals surface area contributed by atoms with E-state index in [0.717, 1.165) is 19.6 Å². The average Bonchev–Trinajstić information content (AvgIpc) is 2.43. The fourth-order valence-electron chi connectivity index (χ4n) is 1.87. The Hall–Kier alpha value is -1.72. The molecule has 0 spiro atoms. The Labute approximate surface area is 123 Å². The van der Waals surface area contributed by atoms with Crippen molar-refractivity contribution in [3.63, 3.8) is 0 Å². The maximum atomic E-state index is 13.3. The first-order valence-electron chi connectivity index (χ1n) is 5.76. The van der Waals surface area contributed by atoms with Crippen molar-refractivity contribution in [1.82, 2.24) is 0 Å². The Morgan fingerprint density at radius 1 is 1.00 bits per heavy atom. The smallest absolute Gasteiger partial charge is 0.335 e. The molecule has 20 heavy (non-hydrogen) atoms. The predicted molar refractivity (Wildman–Crippen MR) is 77.8 cm³/mol. The van der Waals surface area contributed by atoms with E-state index in [-0.39, 0.29) is 11.4 Å². The standard InChI is InChI=1S/C15H9FO2S2/c1-8(15(17)18)9-2-4-11-13(6-9)20-14-7-10(16)3-5-12(14)19-11/h2-7H,1H2,(H,17,18). The molecule has 0 fully saturated rings. The fraction of sp³-hybridized carbons (Fsp3) is 0. The summed E-state index contributed by atoms with van der Waals surface area (Å²) >= 11 is 3.00. The number of carboxylic acid groups (broad SMARTS) is 1. The van der Waals surface area contributed by atoms with Crippen LogP contribution >= 0.6 is 23.5 Å². The summed E-state index contributed by atoms with van der Waals surface area (Å²) in [5.41, 5.74) is 0.632. The van der Waals surface area contributed by atoms with Crippen molar-refractivity contribution in [2.45, 2.75) is 19.6 Å². The quantitative estimate of drug-likeness (QED) is 0.705. The number of rotatable bonds is 2. The van der Waals surface area contributed by atoms with Crippen molar-refractivity contribution < 1.29 is 14.3 Å². The van der Waals surface area contributed by atoms with Gasteiger partial charge in [0.2, 0.25) is 0 Å². The van der Waals surface area contributed by atoms with E-state index in [2.05, 4.69) is 6.58 Å². The van der Waals surface area contributed by atoms with Crippen molar-refractivity contribution in [3.05, 3.63) is 54.4 Å². The van der Waals surface area contributed by atoms with Gasteiger partial charge in [0.15, 0.2) is 0 Å². The van der Waals surface area contributed by atoms with Gasteiger partial charge in [-0.15, -0.1) is 0 Å². The van der Waals surface area contributed by atoms with Gasteiger partial charge in [0.1, 0.15) is 5.82 Å². The highest BCUT2D eigenvalue weighted by atomic mass is 32.2. The summed E-state index contributed by atoms with van der Waals surface area (Å²) in [6, 6.07) is 10.1. The first-order chi connectivity index (χ1) is 9.54. The van der Waals surface area contributed by atoms with Crippen LogP contribution in [0.4, 0.5) is 4.39 Å². The minimum absolute atomic E-state index is 0.0587. The number of hydrogen-bond donors (Lipinski definition) is 1. The number of carbonyl (C=O) groups is 1. The lowest BCUT2D eigenvalue weighted by Gasteiger charge is -2.19. The molecule has 0 bridgehead atoms. The zero-order valence-electron chi connectivity index (χ0n) is 10.2. The summed E-state index contributed by atoms with van der Waals surface area (Å²) < 4.78 is 13.3. The van der Waals surface area contributed by atoms with Gasteiger partial charge in [-0.1, -0.05) is 36.2 Å². The topological polar surface area (TPSA) is 37.3 Å². The van der Waals surface area contributed by atoms with Crippen LogP contribution in [0.5, 0.6) is 0 Å². The Morgan fingerprint density at radius 2 is 1.60 bits per heavy atom. The van der Waals surface area contributed by atoms with E-state index in [1.54, 1.807) is 30.0 Å². The lowest BCUT2D eigenvalue weighted by Crippen LogP contribution is -1.99. The van der Waals surface area contributed by atoms with Gasteiger partial charge in [-0.3, -0.25) is 0 Å². The van der Waals surface area contributed by atoms with E-state index in [9.17, 15) is 9.18 Å². The molecule has 1 aliphatic heterocycles. The molecule has 0 amide bonds. The van der Waals surface area contributed by atoms with Gasteiger partial charge in [0.25, 0.3) is 0 Å². The maximum Gasteiger partial charge on any atom is 0.335 e. The van der Waals surface area contributed by atoms with Crippen LogP contribution in [-0.2, 0) is 4.79 Å². The van der Waals surface area contributed by atoms with E-state index in [1.165, 1.54) is 23.9 Å². The Kier molecular flexibility index (Phi) is 3.31. The van der Waals surface area contributed by atoms with Crippen LogP contribution in [0.2, 0.25) is 0 Å². The second-order valence-electron chi connectivity index (χ2n) is 4.24. The third-order valence-corrected chi connectivity index (χ3v) is 5.42. The molecule has 0 saturated heterocycles. The molecule has 0 aromatic heterocycles. The van der Waals surface area contributed by atoms with Crippen LogP contribution in [0.15, 0.2) is 62.6 Å². The minimum Gasteiger partial charge on any atom is -0.478 e. The van der Waals surface area contributed by atoms with Crippen molar-refractivity contribution in [3.8, 4) is 0 Å². The molecule has 0 aliphatic carbocycles.